The number of rotatable bonds is 5. The number of furan rings is 1. The van der Waals surface area contributed by atoms with Gasteiger partial charge in [0.15, 0.2) is 5.58 Å². The number of halogens is 2. The van der Waals surface area contributed by atoms with Crippen LogP contribution in [0.3, 0.4) is 0 Å². The van der Waals surface area contributed by atoms with Crippen molar-refractivity contribution in [3.05, 3.63) is 99.7 Å². The fourth-order valence-corrected chi connectivity index (χ4v) is 3.94. The lowest BCUT2D eigenvalue weighted by Gasteiger charge is -2.06. The Morgan fingerprint density at radius 3 is 2.54 bits per heavy atom. The minimum atomic E-state index is -0.353. The van der Waals surface area contributed by atoms with Gasteiger partial charge in [-0.25, -0.2) is 4.98 Å². The van der Waals surface area contributed by atoms with Crippen LogP contribution in [-0.2, 0) is 4.79 Å². The molecular formula is C28H20Cl2N2O3. The standard InChI is InChI=1S/C28H20Cl2N2O3/c1-16-3-10-26-24(13-16)32-28(35-26)19-6-9-21(29)23(15-19)31-27(33)12-8-20-7-11-25(34-20)18-5-4-17(2)22(30)14-18/h3-15H,1-2H3,(H,31,33)/b12-8+. The maximum Gasteiger partial charge on any atom is 0.248 e. The van der Waals surface area contributed by atoms with Crippen molar-refractivity contribution >= 4 is 52.0 Å². The van der Waals surface area contributed by atoms with Gasteiger partial charge in [0.2, 0.25) is 11.8 Å². The van der Waals surface area contributed by atoms with Crippen LogP contribution >= 0.6 is 23.2 Å². The summed E-state index contributed by atoms with van der Waals surface area (Å²) in [6.07, 6.45) is 2.98. The highest BCUT2D eigenvalue weighted by Gasteiger charge is 2.12. The molecule has 0 saturated carbocycles. The van der Waals surface area contributed by atoms with E-state index in [9.17, 15) is 4.79 Å². The van der Waals surface area contributed by atoms with Gasteiger partial charge in [0.25, 0.3) is 0 Å². The molecule has 174 valence electrons. The smallest absolute Gasteiger partial charge is 0.248 e. The first-order valence-electron chi connectivity index (χ1n) is 10.9. The van der Waals surface area contributed by atoms with Gasteiger partial charge < -0.3 is 14.2 Å². The van der Waals surface area contributed by atoms with Gasteiger partial charge >= 0.3 is 0 Å². The number of hydrogen-bond acceptors (Lipinski definition) is 4. The predicted octanol–water partition coefficient (Wildman–Crippen LogP) is 8.33. The van der Waals surface area contributed by atoms with Crippen LogP contribution in [0.2, 0.25) is 10.0 Å². The first kappa shape index (κ1) is 23.0. The van der Waals surface area contributed by atoms with Crippen molar-refractivity contribution < 1.29 is 13.6 Å². The molecule has 1 amide bonds. The SMILES string of the molecule is Cc1ccc2oc(-c3ccc(Cl)c(NC(=O)/C=C/c4ccc(-c5ccc(C)c(Cl)c5)o4)c3)nc2c1. The Bertz CT molecular complexity index is 1600. The minimum absolute atomic E-state index is 0.353. The van der Waals surface area contributed by atoms with Crippen molar-refractivity contribution in [3.63, 3.8) is 0 Å². The molecule has 0 aliphatic heterocycles. The molecule has 0 atom stereocenters. The van der Waals surface area contributed by atoms with Crippen LogP contribution < -0.4 is 5.32 Å². The third kappa shape index (κ3) is 5.02. The molecule has 0 aliphatic rings. The van der Waals surface area contributed by atoms with Crippen LogP contribution in [0.15, 0.2) is 81.6 Å². The highest BCUT2D eigenvalue weighted by molar-refractivity contribution is 6.34. The Hall–Kier alpha value is -3.80. The second kappa shape index (κ2) is 9.45. The Morgan fingerprint density at radius 1 is 0.886 bits per heavy atom. The average molecular weight is 503 g/mol. The van der Waals surface area contributed by atoms with Crippen LogP contribution in [-0.4, -0.2) is 10.9 Å². The van der Waals surface area contributed by atoms with Crippen molar-refractivity contribution in [1.29, 1.82) is 0 Å². The molecule has 2 heterocycles. The Morgan fingerprint density at radius 2 is 1.71 bits per heavy atom. The lowest BCUT2D eigenvalue weighted by atomic mass is 10.1. The van der Waals surface area contributed by atoms with Crippen LogP contribution in [0, 0.1) is 13.8 Å². The molecule has 7 heteroatoms. The lowest BCUT2D eigenvalue weighted by molar-refractivity contribution is -0.111. The zero-order valence-electron chi connectivity index (χ0n) is 18.9. The number of benzene rings is 3. The Kier molecular flexibility index (Phi) is 6.20. The number of oxazole rings is 1. The molecular weight excluding hydrogens is 483 g/mol. The summed E-state index contributed by atoms with van der Waals surface area (Å²) < 4.78 is 11.7. The number of nitrogens with one attached hydrogen (secondary N) is 1. The summed E-state index contributed by atoms with van der Waals surface area (Å²) in [6, 6.07) is 20.4. The predicted molar refractivity (Wildman–Crippen MR) is 141 cm³/mol. The third-order valence-corrected chi connectivity index (χ3v) is 6.23. The Labute approximate surface area is 212 Å². The van der Waals surface area contributed by atoms with Gasteiger partial charge in [-0.2, -0.15) is 0 Å². The fraction of sp³-hybridized carbons (Fsp3) is 0.0714. The average Bonchev–Trinajstić information content (AvgIpc) is 3.48. The molecule has 0 saturated heterocycles. The molecule has 0 radical (unpaired) electrons. The lowest BCUT2D eigenvalue weighted by Crippen LogP contribution is -2.08. The molecule has 3 aromatic carbocycles. The zero-order chi connectivity index (χ0) is 24.5. The summed E-state index contributed by atoms with van der Waals surface area (Å²) in [5.41, 5.74) is 5.57. The minimum Gasteiger partial charge on any atom is -0.457 e. The van der Waals surface area contributed by atoms with Crippen molar-refractivity contribution in [2.24, 2.45) is 0 Å². The number of amides is 1. The third-order valence-electron chi connectivity index (χ3n) is 5.50. The van der Waals surface area contributed by atoms with E-state index in [1.54, 1.807) is 30.3 Å². The first-order chi connectivity index (χ1) is 16.9. The number of carbonyl (C=O) groups excluding carboxylic acids is 1. The number of anilines is 1. The van der Waals surface area contributed by atoms with E-state index in [1.807, 2.05) is 56.3 Å². The van der Waals surface area contributed by atoms with Gasteiger partial charge in [0, 0.05) is 22.2 Å². The normalized spacial score (nSPS) is 11.4. The van der Waals surface area contributed by atoms with Gasteiger partial charge in [-0.1, -0.05) is 41.4 Å². The van der Waals surface area contributed by atoms with E-state index in [1.165, 1.54) is 6.08 Å². The van der Waals surface area contributed by atoms with Gasteiger partial charge in [-0.3, -0.25) is 4.79 Å². The Balaban J connectivity index is 1.31. The molecule has 0 unspecified atom stereocenters. The van der Waals surface area contributed by atoms with Crippen LogP contribution in [0.25, 0.3) is 40.0 Å². The fourth-order valence-electron chi connectivity index (χ4n) is 3.59. The second-order valence-electron chi connectivity index (χ2n) is 8.17. The topological polar surface area (TPSA) is 68.3 Å². The molecule has 5 nitrogen and oxygen atoms in total. The summed E-state index contributed by atoms with van der Waals surface area (Å²) in [7, 11) is 0. The van der Waals surface area contributed by atoms with Crippen molar-refractivity contribution in [2.45, 2.75) is 13.8 Å². The number of carbonyl (C=O) groups is 1. The molecule has 35 heavy (non-hydrogen) atoms. The van der Waals surface area contributed by atoms with Crippen LogP contribution in [0.4, 0.5) is 5.69 Å². The van der Waals surface area contributed by atoms with Gasteiger partial charge in [0.05, 0.1) is 10.7 Å². The quantitative estimate of drug-likeness (QED) is 0.245. The van der Waals surface area contributed by atoms with E-state index >= 15 is 0 Å². The second-order valence-corrected chi connectivity index (χ2v) is 8.99. The maximum absolute atomic E-state index is 12.6. The summed E-state index contributed by atoms with van der Waals surface area (Å²) in [5.74, 6) is 1.30. The molecule has 2 aromatic heterocycles. The summed E-state index contributed by atoms with van der Waals surface area (Å²) >= 11 is 12.5. The van der Waals surface area contributed by atoms with Crippen LogP contribution in [0.1, 0.15) is 16.9 Å². The molecule has 5 rings (SSSR count). The first-order valence-corrected chi connectivity index (χ1v) is 11.6. The van der Waals surface area contributed by atoms with E-state index in [0.717, 1.165) is 22.2 Å². The number of nitrogens with zero attached hydrogens (tertiary/aromatic N) is 1. The number of fused-ring (bicyclic) bond motifs is 1. The van der Waals surface area contributed by atoms with Crippen molar-refractivity contribution in [2.75, 3.05) is 5.32 Å². The molecule has 0 spiro atoms. The van der Waals surface area contributed by atoms with Crippen molar-refractivity contribution in [3.8, 4) is 22.8 Å². The largest absolute Gasteiger partial charge is 0.457 e. The van der Waals surface area contributed by atoms with E-state index in [4.69, 9.17) is 32.0 Å². The molecule has 5 aromatic rings. The van der Waals surface area contributed by atoms with E-state index in [2.05, 4.69) is 10.3 Å². The van der Waals surface area contributed by atoms with Gasteiger partial charge in [0.1, 0.15) is 17.0 Å². The molecule has 1 N–H and O–H groups in total. The van der Waals surface area contributed by atoms with Gasteiger partial charge in [-0.05, 0) is 79.6 Å². The molecule has 0 aliphatic carbocycles. The monoisotopic (exact) mass is 502 g/mol. The summed E-state index contributed by atoms with van der Waals surface area (Å²) in [4.78, 5) is 17.1. The maximum atomic E-state index is 12.6. The van der Waals surface area contributed by atoms with E-state index < -0.39 is 0 Å². The van der Waals surface area contributed by atoms with Crippen LogP contribution in [0.5, 0.6) is 0 Å². The van der Waals surface area contributed by atoms with E-state index in [0.29, 0.717) is 44.3 Å². The zero-order valence-corrected chi connectivity index (χ0v) is 20.4. The molecule has 0 fully saturated rings. The van der Waals surface area contributed by atoms with Gasteiger partial charge in [-0.15, -0.1) is 0 Å². The summed E-state index contributed by atoms with van der Waals surface area (Å²) in [6.45, 7) is 3.94. The molecule has 0 bridgehead atoms. The summed E-state index contributed by atoms with van der Waals surface area (Å²) in [5, 5.41) is 3.87. The highest BCUT2D eigenvalue weighted by Crippen LogP contribution is 2.31. The van der Waals surface area contributed by atoms with Crippen molar-refractivity contribution in [1.82, 2.24) is 4.98 Å². The number of aromatic nitrogens is 1. The van der Waals surface area contributed by atoms with E-state index in [-0.39, 0.29) is 5.91 Å². The highest BCUT2D eigenvalue weighted by atomic mass is 35.5. The number of aryl methyl sites for hydroxylation is 2. The number of hydrogen-bond donors (Lipinski definition) is 1.